The van der Waals surface area contributed by atoms with Crippen molar-refractivity contribution in [2.24, 2.45) is 23.5 Å². The molecule has 0 saturated heterocycles. The van der Waals surface area contributed by atoms with Crippen LogP contribution in [0.3, 0.4) is 0 Å². The van der Waals surface area contributed by atoms with E-state index in [-0.39, 0.29) is 11.6 Å². The van der Waals surface area contributed by atoms with Crippen LogP contribution in [0.4, 0.5) is 0 Å². The second-order valence-corrected chi connectivity index (χ2v) is 7.30. The molecule has 108 valence electrons. The second-order valence-electron chi connectivity index (χ2n) is 7.30. The maximum Gasteiger partial charge on any atom is 0.0691 e. The van der Waals surface area contributed by atoms with Crippen LogP contribution in [0.1, 0.15) is 50.1 Å². The summed E-state index contributed by atoms with van der Waals surface area (Å²) in [6.07, 6.45) is 11.8. The lowest BCUT2D eigenvalue weighted by Crippen LogP contribution is -2.52. The van der Waals surface area contributed by atoms with Gasteiger partial charge in [-0.2, -0.15) is 0 Å². The minimum Gasteiger partial charge on any atom is -0.373 e. The van der Waals surface area contributed by atoms with Crippen LogP contribution in [0.5, 0.6) is 0 Å². The average molecular weight is 272 g/mol. The highest BCUT2D eigenvalue weighted by molar-refractivity contribution is 5.13. The molecule has 5 rings (SSSR count). The Kier molecular flexibility index (Phi) is 3.08. The van der Waals surface area contributed by atoms with Crippen molar-refractivity contribution in [1.82, 2.24) is 4.98 Å². The van der Waals surface area contributed by atoms with Gasteiger partial charge in [-0.05, 0) is 67.9 Å². The summed E-state index contributed by atoms with van der Waals surface area (Å²) in [5.74, 6) is 2.78. The normalized spacial score (nSPS) is 40.0. The Labute approximate surface area is 120 Å². The van der Waals surface area contributed by atoms with Crippen LogP contribution < -0.4 is 5.73 Å². The molecule has 0 aromatic carbocycles. The fourth-order valence-corrected chi connectivity index (χ4v) is 5.17. The Bertz CT molecular complexity index is 438. The van der Waals surface area contributed by atoms with Gasteiger partial charge in [-0.3, -0.25) is 4.98 Å². The fraction of sp³-hybridized carbons (Fsp3) is 0.706. The Morgan fingerprint density at radius 2 is 1.85 bits per heavy atom. The van der Waals surface area contributed by atoms with Gasteiger partial charge in [0.15, 0.2) is 0 Å². The molecule has 0 spiro atoms. The molecule has 1 unspecified atom stereocenters. The lowest BCUT2D eigenvalue weighted by atomic mass is 9.54. The van der Waals surface area contributed by atoms with E-state index in [0.29, 0.717) is 6.61 Å². The Balaban J connectivity index is 1.42. The van der Waals surface area contributed by atoms with Gasteiger partial charge in [0.1, 0.15) is 0 Å². The van der Waals surface area contributed by atoms with Crippen LogP contribution in [0.2, 0.25) is 0 Å². The van der Waals surface area contributed by atoms with Crippen molar-refractivity contribution in [2.75, 3.05) is 6.61 Å². The van der Waals surface area contributed by atoms with E-state index in [1.165, 1.54) is 38.5 Å². The summed E-state index contributed by atoms with van der Waals surface area (Å²) in [5.41, 5.74) is 7.50. The first-order valence-electron chi connectivity index (χ1n) is 8.02. The molecule has 1 heterocycles. The van der Waals surface area contributed by atoms with Crippen LogP contribution in [0.15, 0.2) is 24.5 Å². The molecular formula is C17H24N2O. The molecule has 4 saturated carbocycles. The maximum atomic E-state index is 6.41. The highest BCUT2D eigenvalue weighted by Crippen LogP contribution is 2.57. The van der Waals surface area contributed by atoms with Crippen LogP contribution in [0.25, 0.3) is 0 Å². The lowest BCUT2D eigenvalue weighted by molar-refractivity contribution is -0.164. The fourth-order valence-electron chi connectivity index (χ4n) is 5.17. The average Bonchev–Trinajstić information content (AvgIpc) is 2.44. The maximum absolute atomic E-state index is 6.41. The summed E-state index contributed by atoms with van der Waals surface area (Å²) in [6, 6.07) is 3.94. The van der Waals surface area contributed by atoms with E-state index in [0.717, 1.165) is 23.3 Å². The van der Waals surface area contributed by atoms with Crippen molar-refractivity contribution < 1.29 is 4.74 Å². The van der Waals surface area contributed by atoms with Crippen LogP contribution in [-0.4, -0.2) is 17.2 Å². The second kappa shape index (κ2) is 4.81. The van der Waals surface area contributed by atoms with E-state index in [1.807, 2.05) is 18.3 Å². The molecule has 4 fully saturated rings. The van der Waals surface area contributed by atoms with Gasteiger partial charge >= 0.3 is 0 Å². The number of hydrogen-bond donors (Lipinski definition) is 1. The predicted molar refractivity (Wildman–Crippen MR) is 78.0 cm³/mol. The number of aromatic nitrogens is 1. The Hall–Kier alpha value is -0.930. The van der Waals surface area contributed by atoms with Gasteiger partial charge in [-0.1, -0.05) is 6.07 Å². The molecule has 3 heteroatoms. The monoisotopic (exact) mass is 272 g/mol. The predicted octanol–water partition coefficient (Wildman–Crippen LogP) is 3.07. The van der Waals surface area contributed by atoms with Crippen molar-refractivity contribution >= 4 is 0 Å². The van der Waals surface area contributed by atoms with Gasteiger partial charge in [-0.25, -0.2) is 0 Å². The van der Waals surface area contributed by atoms with Gasteiger partial charge in [0.05, 0.1) is 18.2 Å². The summed E-state index contributed by atoms with van der Waals surface area (Å²) in [4.78, 5) is 4.14. The van der Waals surface area contributed by atoms with E-state index in [9.17, 15) is 0 Å². The summed E-state index contributed by atoms with van der Waals surface area (Å²) in [6.45, 7) is 0.637. The lowest BCUT2D eigenvalue weighted by Gasteiger charge is -2.56. The molecule has 4 bridgehead atoms. The van der Waals surface area contributed by atoms with E-state index in [1.54, 1.807) is 6.20 Å². The molecular weight excluding hydrogens is 248 g/mol. The van der Waals surface area contributed by atoms with Gasteiger partial charge in [-0.15, -0.1) is 0 Å². The third-order valence-electron chi connectivity index (χ3n) is 5.66. The number of ether oxygens (including phenoxy) is 1. The molecule has 1 atom stereocenters. The Morgan fingerprint density at radius 1 is 1.20 bits per heavy atom. The van der Waals surface area contributed by atoms with Crippen molar-refractivity contribution in [1.29, 1.82) is 0 Å². The summed E-state index contributed by atoms with van der Waals surface area (Å²) < 4.78 is 6.41. The van der Waals surface area contributed by atoms with E-state index >= 15 is 0 Å². The molecule has 3 nitrogen and oxygen atoms in total. The number of rotatable bonds is 4. The summed E-state index contributed by atoms with van der Waals surface area (Å²) in [7, 11) is 0. The molecule has 4 aliphatic rings. The van der Waals surface area contributed by atoms with E-state index in [2.05, 4.69) is 4.98 Å². The third kappa shape index (κ3) is 2.27. The van der Waals surface area contributed by atoms with E-state index in [4.69, 9.17) is 10.5 Å². The first kappa shape index (κ1) is 12.8. The summed E-state index contributed by atoms with van der Waals surface area (Å²) in [5, 5.41) is 0. The molecule has 2 N–H and O–H groups in total. The number of nitrogens with two attached hydrogens (primary N) is 1. The first-order valence-corrected chi connectivity index (χ1v) is 8.02. The largest absolute Gasteiger partial charge is 0.373 e. The number of pyridine rings is 1. The zero-order valence-corrected chi connectivity index (χ0v) is 12.0. The Morgan fingerprint density at radius 3 is 2.40 bits per heavy atom. The van der Waals surface area contributed by atoms with Gasteiger partial charge in [0.25, 0.3) is 0 Å². The SMILES string of the molecule is NC(COC12CC3CC(CC(C3)C1)C2)c1cccnc1. The van der Waals surface area contributed by atoms with Gasteiger partial charge in [0.2, 0.25) is 0 Å². The quantitative estimate of drug-likeness (QED) is 0.916. The molecule has 4 aliphatic carbocycles. The minimum absolute atomic E-state index is 0.0447. The third-order valence-corrected chi connectivity index (χ3v) is 5.66. The molecule has 0 radical (unpaired) electrons. The van der Waals surface area contributed by atoms with Crippen LogP contribution >= 0.6 is 0 Å². The first-order chi connectivity index (χ1) is 9.72. The zero-order valence-electron chi connectivity index (χ0n) is 12.0. The van der Waals surface area contributed by atoms with Crippen molar-refractivity contribution in [3.05, 3.63) is 30.1 Å². The summed E-state index contributed by atoms with van der Waals surface area (Å²) >= 11 is 0. The van der Waals surface area contributed by atoms with Crippen molar-refractivity contribution in [3.8, 4) is 0 Å². The highest BCUT2D eigenvalue weighted by atomic mass is 16.5. The highest BCUT2D eigenvalue weighted by Gasteiger charge is 2.51. The molecule has 1 aromatic rings. The van der Waals surface area contributed by atoms with Gasteiger partial charge < -0.3 is 10.5 Å². The molecule has 0 amide bonds. The standard InChI is InChI=1S/C17H24N2O/c18-16(15-2-1-3-19-10-15)11-20-17-7-12-4-13(8-17)6-14(5-12)9-17/h1-3,10,12-14,16H,4-9,11,18H2. The topological polar surface area (TPSA) is 48.1 Å². The smallest absolute Gasteiger partial charge is 0.0691 e. The minimum atomic E-state index is -0.0447. The number of hydrogen-bond acceptors (Lipinski definition) is 3. The number of nitrogens with zero attached hydrogens (tertiary/aromatic N) is 1. The van der Waals surface area contributed by atoms with Crippen molar-refractivity contribution in [2.45, 2.75) is 50.2 Å². The van der Waals surface area contributed by atoms with Crippen LogP contribution in [0, 0.1) is 17.8 Å². The van der Waals surface area contributed by atoms with Gasteiger partial charge in [0, 0.05) is 12.4 Å². The molecule has 1 aromatic heterocycles. The zero-order chi connectivity index (χ0) is 13.6. The van der Waals surface area contributed by atoms with Crippen LogP contribution in [-0.2, 0) is 4.74 Å². The van der Waals surface area contributed by atoms with Crippen molar-refractivity contribution in [3.63, 3.8) is 0 Å². The van der Waals surface area contributed by atoms with E-state index < -0.39 is 0 Å². The molecule has 0 aliphatic heterocycles. The molecule has 20 heavy (non-hydrogen) atoms.